The quantitative estimate of drug-likeness (QED) is 0.737. The number of alkyl halides is 3. The molecule has 27 heavy (non-hydrogen) atoms. The summed E-state index contributed by atoms with van der Waals surface area (Å²) in [5.41, 5.74) is 4.62. The van der Waals surface area contributed by atoms with Crippen LogP contribution in [0.2, 0.25) is 0 Å². The van der Waals surface area contributed by atoms with Crippen LogP contribution in [0.5, 0.6) is 0 Å². The fourth-order valence-electron chi connectivity index (χ4n) is 2.69. The van der Waals surface area contributed by atoms with E-state index in [0.717, 1.165) is 6.20 Å². The maximum absolute atomic E-state index is 13.3. The second-order valence-corrected chi connectivity index (χ2v) is 6.07. The molecule has 1 aliphatic heterocycles. The number of primary amides is 1. The number of nitrogens with zero attached hydrogens (tertiary/aromatic N) is 4. The predicted molar refractivity (Wildman–Crippen MR) is 90.5 cm³/mol. The zero-order valence-corrected chi connectivity index (χ0v) is 14.1. The van der Waals surface area contributed by atoms with Gasteiger partial charge in [-0.3, -0.25) is 4.79 Å². The lowest BCUT2D eigenvalue weighted by molar-refractivity contribution is -0.137. The molecule has 1 saturated heterocycles. The first-order chi connectivity index (χ1) is 12.7. The third-order valence-corrected chi connectivity index (χ3v) is 4.11. The molecule has 2 aromatic rings. The minimum absolute atomic E-state index is 0.0438. The van der Waals surface area contributed by atoms with E-state index in [1.54, 1.807) is 0 Å². The number of aromatic nitrogens is 3. The number of aliphatic hydroxyl groups excluding tert-OH is 1. The molecule has 2 aromatic heterocycles. The van der Waals surface area contributed by atoms with Crippen molar-refractivity contribution in [3.05, 3.63) is 35.8 Å². The molecule has 0 aromatic carbocycles. The molecule has 0 bridgehead atoms. The highest BCUT2D eigenvalue weighted by Gasteiger charge is 2.37. The Hall–Kier alpha value is -2.95. The number of amides is 1. The van der Waals surface area contributed by atoms with E-state index in [4.69, 9.17) is 5.73 Å². The molecule has 0 saturated carbocycles. The molecule has 4 N–H and O–H groups in total. The highest BCUT2D eigenvalue weighted by molar-refractivity contribution is 5.90. The molecular formula is C16H17F3N6O2. The number of carbonyl (C=O) groups is 1. The van der Waals surface area contributed by atoms with Crippen molar-refractivity contribution in [2.24, 2.45) is 5.73 Å². The molecule has 3 heterocycles. The third-order valence-electron chi connectivity index (χ3n) is 4.11. The summed E-state index contributed by atoms with van der Waals surface area (Å²) in [4.78, 5) is 24.1. The molecule has 0 spiro atoms. The van der Waals surface area contributed by atoms with E-state index in [2.05, 4.69) is 20.3 Å². The summed E-state index contributed by atoms with van der Waals surface area (Å²) in [6.45, 7) is 0.519. The van der Waals surface area contributed by atoms with Gasteiger partial charge in [0.1, 0.15) is 17.1 Å². The van der Waals surface area contributed by atoms with Crippen molar-refractivity contribution < 1.29 is 23.1 Å². The van der Waals surface area contributed by atoms with E-state index in [1.807, 2.05) is 0 Å². The third kappa shape index (κ3) is 4.42. The second-order valence-electron chi connectivity index (χ2n) is 6.07. The van der Waals surface area contributed by atoms with Crippen LogP contribution in [-0.4, -0.2) is 45.2 Å². The highest BCUT2D eigenvalue weighted by atomic mass is 19.4. The van der Waals surface area contributed by atoms with Gasteiger partial charge in [0.15, 0.2) is 0 Å². The van der Waals surface area contributed by atoms with Crippen LogP contribution in [-0.2, 0) is 6.18 Å². The number of nitrogens with one attached hydrogen (secondary N) is 1. The summed E-state index contributed by atoms with van der Waals surface area (Å²) < 4.78 is 40.0. The van der Waals surface area contributed by atoms with Crippen molar-refractivity contribution in [2.45, 2.75) is 25.1 Å². The van der Waals surface area contributed by atoms with Crippen LogP contribution >= 0.6 is 0 Å². The average Bonchev–Trinajstić information content (AvgIpc) is 2.62. The molecule has 1 fully saturated rings. The van der Waals surface area contributed by atoms with E-state index in [9.17, 15) is 23.1 Å². The van der Waals surface area contributed by atoms with Crippen molar-refractivity contribution in [3.63, 3.8) is 0 Å². The minimum Gasteiger partial charge on any atom is -0.393 e. The zero-order valence-electron chi connectivity index (χ0n) is 14.1. The molecule has 144 valence electrons. The van der Waals surface area contributed by atoms with Gasteiger partial charge in [0.2, 0.25) is 5.95 Å². The number of nitrogens with two attached hydrogens (primary N) is 1. The number of hydrogen-bond acceptors (Lipinski definition) is 7. The fourth-order valence-corrected chi connectivity index (χ4v) is 2.69. The first-order valence-corrected chi connectivity index (χ1v) is 8.14. The normalized spacial score (nSPS) is 15.6. The van der Waals surface area contributed by atoms with Gasteiger partial charge in [0.25, 0.3) is 5.91 Å². The number of pyridine rings is 1. The van der Waals surface area contributed by atoms with Gasteiger partial charge in [-0.15, -0.1) is 0 Å². The van der Waals surface area contributed by atoms with Crippen molar-refractivity contribution in [3.8, 4) is 0 Å². The molecule has 1 aliphatic rings. The highest BCUT2D eigenvalue weighted by Crippen LogP contribution is 2.36. The van der Waals surface area contributed by atoms with Gasteiger partial charge in [0.05, 0.1) is 18.0 Å². The Morgan fingerprint density at radius 2 is 1.93 bits per heavy atom. The number of piperidine rings is 1. The lowest BCUT2D eigenvalue weighted by Crippen LogP contribution is -2.37. The molecule has 0 unspecified atom stereocenters. The monoisotopic (exact) mass is 382 g/mol. The van der Waals surface area contributed by atoms with Gasteiger partial charge in [-0.25, -0.2) is 9.97 Å². The van der Waals surface area contributed by atoms with Crippen LogP contribution in [0.4, 0.5) is 30.6 Å². The van der Waals surface area contributed by atoms with Crippen LogP contribution in [0, 0.1) is 0 Å². The smallest absolute Gasteiger partial charge is 0.393 e. The molecule has 1 amide bonds. The summed E-state index contributed by atoms with van der Waals surface area (Å²) >= 11 is 0. The number of anilines is 3. The molecule has 0 atom stereocenters. The Morgan fingerprint density at radius 3 is 2.48 bits per heavy atom. The summed E-state index contributed by atoms with van der Waals surface area (Å²) in [6, 6.07) is 2.87. The molecule has 3 rings (SSSR count). The van der Waals surface area contributed by atoms with Crippen molar-refractivity contribution in [2.75, 3.05) is 23.3 Å². The van der Waals surface area contributed by atoms with Gasteiger partial charge in [0, 0.05) is 19.3 Å². The van der Waals surface area contributed by atoms with E-state index in [0.29, 0.717) is 18.5 Å². The summed E-state index contributed by atoms with van der Waals surface area (Å²) in [6.07, 6.45) is -2.37. The number of rotatable bonds is 4. The zero-order chi connectivity index (χ0) is 19.6. The lowest BCUT2D eigenvalue weighted by atomic mass is 10.1. The summed E-state index contributed by atoms with van der Waals surface area (Å²) in [7, 11) is 0. The topological polar surface area (TPSA) is 117 Å². The van der Waals surface area contributed by atoms with E-state index < -0.39 is 23.8 Å². The van der Waals surface area contributed by atoms with Crippen LogP contribution in [0.1, 0.15) is 28.9 Å². The number of carbonyl (C=O) groups excluding carboxylic acids is 1. The van der Waals surface area contributed by atoms with Gasteiger partial charge in [-0.2, -0.15) is 18.2 Å². The molecule has 0 radical (unpaired) electrons. The number of aliphatic hydroxyl groups is 1. The summed E-state index contributed by atoms with van der Waals surface area (Å²) in [5.74, 6) is -0.978. The molecule has 8 nitrogen and oxygen atoms in total. The van der Waals surface area contributed by atoms with Gasteiger partial charge in [-0.1, -0.05) is 0 Å². The SMILES string of the molecule is NC(=O)c1ccc(Nc2ncc(C(F)(F)F)c(N3CCC(O)CC3)n2)cn1. The van der Waals surface area contributed by atoms with Crippen molar-refractivity contribution in [1.82, 2.24) is 15.0 Å². The van der Waals surface area contributed by atoms with Crippen molar-refractivity contribution >= 4 is 23.4 Å². The molecule has 0 aliphatic carbocycles. The van der Waals surface area contributed by atoms with Crippen LogP contribution in [0.25, 0.3) is 0 Å². The Morgan fingerprint density at radius 1 is 1.22 bits per heavy atom. The summed E-state index contributed by atoms with van der Waals surface area (Å²) in [5, 5.41) is 12.3. The van der Waals surface area contributed by atoms with Gasteiger partial charge < -0.3 is 21.1 Å². The van der Waals surface area contributed by atoms with E-state index in [1.165, 1.54) is 23.2 Å². The van der Waals surface area contributed by atoms with E-state index >= 15 is 0 Å². The molecular weight excluding hydrogens is 365 g/mol. The molecule has 11 heteroatoms. The van der Waals surface area contributed by atoms with Crippen LogP contribution < -0.4 is 16.0 Å². The Labute approximate surface area is 152 Å². The van der Waals surface area contributed by atoms with Crippen LogP contribution in [0.3, 0.4) is 0 Å². The van der Waals surface area contributed by atoms with Gasteiger partial charge >= 0.3 is 6.18 Å². The largest absolute Gasteiger partial charge is 0.421 e. The Bertz CT molecular complexity index is 820. The van der Waals surface area contributed by atoms with Gasteiger partial charge in [-0.05, 0) is 25.0 Å². The first-order valence-electron chi connectivity index (χ1n) is 8.14. The minimum atomic E-state index is -4.60. The second kappa shape index (κ2) is 7.35. The fraction of sp³-hybridized carbons (Fsp3) is 0.375. The van der Waals surface area contributed by atoms with Crippen LogP contribution in [0.15, 0.2) is 24.5 Å². The van der Waals surface area contributed by atoms with E-state index in [-0.39, 0.29) is 30.5 Å². The standard InChI is InChI=1S/C16H17F3N6O2/c17-16(18,19)11-8-22-15(23-9-1-2-12(13(20)27)21-7-9)24-14(11)25-5-3-10(26)4-6-25/h1-2,7-8,10,26H,3-6H2,(H2,20,27)(H,22,23,24). The predicted octanol–water partition coefficient (Wildman–Crippen LogP) is 1.69. The first kappa shape index (κ1) is 18.8. The lowest BCUT2D eigenvalue weighted by Gasteiger charge is -2.32. The van der Waals surface area contributed by atoms with Crippen molar-refractivity contribution in [1.29, 1.82) is 0 Å². The maximum Gasteiger partial charge on any atom is 0.421 e. The Kier molecular flexibility index (Phi) is 5.13. The number of hydrogen-bond donors (Lipinski definition) is 3. The average molecular weight is 382 g/mol. The number of halogens is 3. The maximum atomic E-state index is 13.3. The Balaban J connectivity index is 1.88.